The number of nitrogens with one attached hydrogen (secondary N) is 2. The van der Waals surface area contributed by atoms with Crippen LogP contribution >= 0.6 is 11.3 Å². The van der Waals surface area contributed by atoms with E-state index in [9.17, 15) is 28.3 Å². The third-order valence-electron chi connectivity index (χ3n) is 4.49. The zero-order valence-corrected chi connectivity index (χ0v) is 18.9. The van der Waals surface area contributed by atoms with Crippen LogP contribution in [0.15, 0.2) is 41.8 Å². The molecule has 4 N–H and O–H groups in total. The van der Waals surface area contributed by atoms with Crippen LogP contribution in [-0.4, -0.2) is 46.2 Å². The van der Waals surface area contributed by atoms with Crippen molar-refractivity contribution in [3.05, 3.63) is 59.1 Å². The highest BCUT2D eigenvalue weighted by Gasteiger charge is 2.19. The third kappa shape index (κ3) is 6.71. The first-order chi connectivity index (χ1) is 16.7. The molecule has 0 unspecified atom stereocenters. The number of hydrogen-bond acceptors (Lipinski definition) is 8. The van der Waals surface area contributed by atoms with Crippen LogP contribution < -0.4 is 20.1 Å². The van der Waals surface area contributed by atoms with Crippen LogP contribution in [0.2, 0.25) is 0 Å². The van der Waals surface area contributed by atoms with Gasteiger partial charge in [-0.05, 0) is 30.7 Å². The van der Waals surface area contributed by atoms with Gasteiger partial charge in [0.2, 0.25) is 5.75 Å². The number of benzene rings is 2. The summed E-state index contributed by atoms with van der Waals surface area (Å²) in [5.74, 6) is -3.64. The monoisotopic (exact) mass is 507 g/mol. The van der Waals surface area contributed by atoms with Gasteiger partial charge in [-0.1, -0.05) is 6.07 Å². The number of halogens is 2. The molecule has 0 fully saturated rings. The minimum Gasteiger partial charge on any atom is -0.493 e. The van der Waals surface area contributed by atoms with E-state index in [2.05, 4.69) is 15.6 Å². The Kier molecular flexibility index (Phi) is 8.28. The van der Waals surface area contributed by atoms with Gasteiger partial charge in [-0.25, -0.2) is 23.4 Å². The molecule has 35 heavy (non-hydrogen) atoms. The van der Waals surface area contributed by atoms with E-state index in [4.69, 9.17) is 14.6 Å². The number of methoxy groups -OCH3 is 1. The Balaban J connectivity index is 1.69. The maximum absolute atomic E-state index is 14.2. The number of carboxylic acid groups (broad SMARTS) is 1. The molecule has 0 spiro atoms. The Morgan fingerprint density at radius 3 is 2.63 bits per heavy atom. The summed E-state index contributed by atoms with van der Waals surface area (Å²) in [4.78, 5) is 39.1. The van der Waals surface area contributed by atoms with Gasteiger partial charge in [-0.15, -0.1) is 11.3 Å². The minimum atomic E-state index is -1.67. The predicted molar refractivity (Wildman–Crippen MR) is 121 cm³/mol. The lowest BCUT2D eigenvalue weighted by Gasteiger charge is -2.15. The summed E-state index contributed by atoms with van der Waals surface area (Å²) in [7, 11) is 1.32. The molecule has 3 rings (SSSR count). The highest BCUT2D eigenvalue weighted by molar-refractivity contribution is 7.14. The van der Waals surface area contributed by atoms with Gasteiger partial charge in [0.15, 0.2) is 34.3 Å². The van der Waals surface area contributed by atoms with Crippen LogP contribution in [0.25, 0.3) is 0 Å². The van der Waals surface area contributed by atoms with Crippen LogP contribution in [0.1, 0.15) is 23.3 Å². The summed E-state index contributed by atoms with van der Waals surface area (Å²) >= 11 is 0.920. The molecule has 0 aliphatic heterocycles. The molecule has 2 amide bonds. The molecule has 1 heterocycles. The molecule has 1 atom stereocenters. The largest absolute Gasteiger partial charge is 0.493 e. The van der Waals surface area contributed by atoms with E-state index in [0.717, 1.165) is 29.5 Å². The van der Waals surface area contributed by atoms with Crippen molar-refractivity contribution in [1.82, 2.24) is 4.98 Å². The van der Waals surface area contributed by atoms with Gasteiger partial charge in [-0.2, -0.15) is 0 Å². The molecule has 0 bridgehead atoms. The number of thiazole rings is 1. The maximum Gasteiger partial charge on any atom is 0.332 e. The number of Topliss-reactive ketones (excluding diaryl/α,β-unsaturated/α-hetero) is 1. The number of ketones is 1. The SMILES string of the molecule is COc1cccc(F)c1Oc1ccc(F)cc1NC(=O)Nc1nc(C(=O)CC[C@@H](O)C(=O)O)cs1. The van der Waals surface area contributed by atoms with Gasteiger partial charge in [0.25, 0.3) is 0 Å². The summed E-state index contributed by atoms with van der Waals surface area (Å²) < 4.78 is 38.7. The van der Waals surface area contributed by atoms with Crippen LogP contribution in [-0.2, 0) is 4.79 Å². The zero-order valence-electron chi connectivity index (χ0n) is 18.1. The smallest absolute Gasteiger partial charge is 0.332 e. The van der Waals surface area contributed by atoms with E-state index < -0.39 is 35.5 Å². The molecule has 13 heteroatoms. The van der Waals surface area contributed by atoms with Crippen molar-refractivity contribution in [3.8, 4) is 17.2 Å². The Hall–Kier alpha value is -4.10. The van der Waals surface area contributed by atoms with Gasteiger partial charge < -0.3 is 25.0 Å². The van der Waals surface area contributed by atoms with Crippen LogP contribution in [0.3, 0.4) is 0 Å². The number of aliphatic hydroxyl groups excluding tert-OH is 1. The summed E-state index contributed by atoms with van der Waals surface area (Å²) in [6.45, 7) is 0. The lowest BCUT2D eigenvalue weighted by atomic mass is 10.1. The number of ether oxygens (including phenoxy) is 2. The topological polar surface area (TPSA) is 147 Å². The van der Waals surface area contributed by atoms with Gasteiger partial charge >= 0.3 is 12.0 Å². The maximum atomic E-state index is 14.2. The van der Waals surface area contributed by atoms with E-state index >= 15 is 0 Å². The van der Waals surface area contributed by atoms with Crippen molar-refractivity contribution < 1.29 is 42.9 Å². The quantitative estimate of drug-likeness (QED) is 0.298. The number of carboxylic acids is 1. The average molecular weight is 507 g/mol. The molecule has 184 valence electrons. The van der Waals surface area contributed by atoms with Crippen molar-refractivity contribution in [2.45, 2.75) is 18.9 Å². The van der Waals surface area contributed by atoms with E-state index in [1.54, 1.807) is 0 Å². The second-order valence-electron chi connectivity index (χ2n) is 6.95. The van der Waals surface area contributed by atoms with Gasteiger partial charge in [0, 0.05) is 17.9 Å². The fourth-order valence-electron chi connectivity index (χ4n) is 2.78. The fraction of sp³-hybridized carbons (Fsp3) is 0.182. The predicted octanol–water partition coefficient (Wildman–Crippen LogP) is 4.27. The molecule has 0 aliphatic rings. The van der Waals surface area contributed by atoms with E-state index in [1.165, 1.54) is 30.7 Å². The molecule has 1 aromatic heterocycles. The number of para-hydroxylation sites is 1. The number of nitrogens with zero attached hydrogens (tertiary/aromatic N) is 1. The molecule has 0 aliphatic carbocycles. The Labute approximate surface area is 201 Å². The molecule has 2 aromatic carbocycles. The number of carbonyl (C=O) groups excluding carboxylic acids is 2. The average Bonchev–Trinajstić information content (AvgIpc) is 3.28. The van der Waals surface area contributed by atoms with Crippen LogP contribution in [0.4, 0.5) is 24.4 Å². The number of anilines is 2. The van der Waals surface area contributed by atoms with Crippen LogP contribution in [0.5, 0.6) is 17.2 Å². The van der Waals surface area contributed by atoms with Crippen molar-refractivity contribution in [2.75, 3.05) is 17.7 Å². The van der Waals surface area contributed by atoms with Gasteiger partial charge in [-0.3, -0.25) is 10.1 Å². The Morgan fingerprint density at radius 1 is 1.14 bits per heavy atom. The van der Waals surface area contributed by atoms with Gasteiger partial charge in [0.05, 0.1) is 12.8 Å². The molecule has 3 aromatic rings. The summed E-state index contributed by atoms with van der Waals surface area (Å²) in [6, 6.07) is 6.40. The number of rotatable bonds is 10. The standard InChI is InChI=1S/C22H19F2N3O7S/c1-33-18-4-2-3-12(24)19(18)34-17-8-5-11(23)9-13(17)25-21(32)27-22-26-14(10-35-22)15(28)6-7-16(29)20(30)31/h2-5,8-10,16,29H,6-7H2,1H3,(H,30,31)(H2,25,26,27,32)/t16-/m1/s1. The Morgan fingerprint density at radius 2 is 1.91 bits per heavy atom. The van der Waals surface area contributed by atoms with Crippen molar-refractivity contribution in [3.63, 3.8) is 0 Å². The first-order valence-corrected chi connectivity index (χ1v) is 10.8. The Bertz CT molecular complexity index is 1250. The molecule has 0 saturated heterocycles. The lowest BCUT2D eigenvalue weighted by Crippen LogP contribution is -2.21. The summed E-state index contributed by atoms with van der Waals surface area (Å²) in [5, 5.41) is 24.1. The number of carbonyl (C=O) groups is 3. The third-order valence-corrected chi connectivity index (χ3v) is 5.25. The van der Waals surface area contributed by atoms with Crippen molar-refractivity contribution >= 4 is 39.9 Å². The molecule has 10 nitrogen and oxygen atoms in total. The number of amides is 2. The number of aromatic nitrogens is 1. The number of hydrogen-bond donors (Lipinski definition) is 4. The number of aliphatic hydroxyl groups is 1. The van der Waals surface area contributed by atoms with Gasteiger partial charge in [0.1, 0.15) is 11.5 Å². The highest BCUT2D eigenvalue weighted by atomic mass is 32.1. The van der Waals surface area contributed by atoms with E-state index in [-0.39, 0.29) is 46.6 Å². The highest BCUT2D eigenvalue weighted by Crippen LogP contribution is 2.37. The van der Waals surface area contributed by atoms with Crippen molar-refractivity contribution in [2.24, 2.45) is 0 Å². The second kappa shape index (κ2) is 11.4. The lowest BCUT2D eigenvalue weighted by molar-refractivity contribution is -0.146. The van der Waals surface area contributed by atoms with E-state index in [0.29, 0.717) is 0 Å². The second-order valence-corrected chi connectivity index (χ2v) is 7.80. The molecule has 0 radical (unpaired) electrons. The zero-order chi connectivity index (χ0) is 25.5. The fourth-order valence-corrected chi connectivity index (χ4v) is 3.49. The molecule has 0 saturated carbocycles. The van der Waals surface area contributed by atoms with Crippen LogP contribution in [0, 0.1) is 11.6 Å². The van der Waals surface area contributed by atoms with E-state index in [1.807, 2.05) is 0 Å². The molecular formula is C22H19F2N3O7S. The minimum absolute atomic E-state index is 0.0238. The van der Waals surface area contributed by atoms with Crippen molar-refractivity contribution in [1.29, 1.82) is 0 Å². The normalized spacial score (nSPS) is 11.4. The number of urea groups is 1. The summed E-state index contributed by atoms with van der Waals surface area (Å²) in [6.07, 6.45) is -2.22. The first-order valence-electron chi connectivity index (χ1n) is 9.95. The molecular weight excluding hydrogens is 488 g/mol. The number of aliphatic carboxylic acids is 1. The summed E-state index contributed by atoms with van der Waals surface area (Å²) in [5.41, 5.74) is -0.146. The first kappa shape index (κ1) is 25.5.